The molecule has 0 radical (unpaired) electrons. The first-order valence-corrected chi connectivity index (χ1v) is 12.0. The summed E-state index contributed by atoms with van der Waals surface area (Å²) in [6.45, 7) is 3.88. The molecule has 0 saturated heterocycles. The first kappa shape index (κ1) is 24.1. The lowest BCUT2D eigenvalue weighted by Crippen LogP contribution is -2.41. The van der Waals surface area contributed by atoms with Crippen LogP contribution < -0.4 is 10.9 Å². The van der Waals surface area contributed by atoms with E-state index in [0.717, 1.165) is 27.7 Å². The molecular weight excluding hydrogens is 464 g/mol. The van der Waals surface area contributed by atoms with E-state index in [9.17, 15) is 9.59 Å². The third kappa shape index (κ3) is 6.97. The number of carbonyl (C=O) groups is 2. The van der Waals surface area contributed by atoms with Crippen LogP contribution in [0.5, 0.6) is 0 Å². The van der Waals surface area contributed by atoms with Crippen LogP contribution in [0.4, 0.5) is 0 Å². The third-order valence-corrected chi connectivity index (χ3v) is 5.83. The van der Waals surface area contributed by atoms with Crippen molar-refractivity contribution in [2.24, 2.45) is 0 Å². The van der Waals surface area contributed by atoms with Gasteiger partial charge in [-0.15, -0.1) is 10.2 Å². The summed E-state index contributed by atoms with van der Waals surface area (Å²) in [5.41, 5.74) is 8.99. The summed E-state index contributed by atoms with van der Waals surface area (Å²) in [5.74, 6) is 0.671. The zero-order valence-corrected chi connectivity index (χ0v) is 20.1. The summed E-state index contributed by atoms with van der Waals surface area (Å²) < 4.78 is 5.59. The lowest BCUT2D eigenvalue weighted by Gasteiger charge is -2.08. The van der Waals surface area contributed by atoms with Crippen molar-refractivity contribution >= 4 is 23.6 Å². The predicted octanol–water partition coefficient (Wildman–Crippen LogP) is 3.83. The van der Waals surface area contributed by atoms with E-state index in [2.05, 4.69) is 31.0 Å². The molecule has 4 aromatic rings. The van der Waals surface area contributed by atoms with Gasteiger partial charge in [-0.2, -0.15) is 0 Å². The van der Waals surface area contributed by atoms with Gasteiger partial charge in [-0.3, -0.25) is 20.4 Å². The van der Waals surface area contributed by atoms with Crippen molar-refractivity contribution in [2.45, 2.75) is 37.6 Å². The topological polar surface area (TPSA) is 123 Å². The molecule has 2 aromatic carbocycles. The van der Waals surface area contributed by atoms with Crippen LogP contribution in [0, 0.1) is 13.8 Å². The summed E-state index contributed by atoms with van der Waals surface area (Å²) in [7, 11) is 0. The van der Waals surface area contributed by atoms with E-state index in [-0.39, 0.29) is 18.7 Å². The highest BCUT2D eigenvalue weighted by Crippen LogP contribution is 2.20. The summed E-state index contributed by atoms with van der Waals surface area (Å²) in [6.07, 6.45) is 0.353. The Balaban J connectivity index is 1.21. The zero-order valence-electron chi connectivity index (χ0n) is 19.3. The van der Waals surface area contributed by atoms with Crippen LogP contribution in [0.1, 0.15) is 39.6 Å². The van der Waals surface area contributed by atoms with Gasteiger partial charge in [-0.25, -0.2) is 9.97 Å². The number of benzene rings is 2. The number of carbonyl (C=O) groups excluding carboxylic acids is 2. The molecular formula is C25H24N6O3S. The van der Waals surface area contributed by atoms with Crippen molar-refractivity contribution in [3.05, 3.63) is 89.1 Å². The van der Waals surface area contributed by atoms with Crippen LogP contribution in [0.2, 0.25) is 0 Å². The van der Waals surface area contributed by atoms with Crippen molar-refractivity contribution in [2.75, 3.05) is 0 Å². The molecule has 0 unspecified atom stereocenters. The smallest absolute Gasteiger partial charge is 0.269 e. The monoisotopic (exact) mass is 488 g/mol. The molecule has 4 rings (SSSR count). The van der Waals surface area contributed by atoms with Crippen molar-refractivity contribution < 1.29 is 14.0 Å². The van der Waals surface area contributed by atoms with Crippen LogP contribution in [-0.2, 0) is 17.0 Å². The van der Waals surface area contributed by atoms with Crippen LogP contribution in [-0.4, -0.2) is 32.0 Å². The quantitative estimate of drug-likeness (QED) is 0.218. The van der Waals surface area contributed by atoms with E-state index in [0.29, 0.717) is 23.1 Å². The van der Waals surface area contributed by atoms with E-state index < -0.39 is 5.91 Å². The van der Waals surface area contributed by atoms with E-state index in [1.54, 1.807) is 12.1 Å². The fourth-order valence-electron chi connectivity index (χ4n) is 3.19. The van der Waals surface area contributed by atoms with Crippen LogP contribution in [0.25, 0.3) is 11.5 Å². The van der Waals surface area contributed by atoms with Gasteiger partial charge in [0.05, 0.1) is 0 Å². The number of aryl methyl sites for hydroxylation is 3. The van der Waals surface area contributed by atoms with Crippen molar-refractivity contribution in [1.82, 2.24) is 31.0 Å². The average molecular weight is 489 g/mol. The Morgan fingerprint density at radius 3 is 2.34 bits per heavy atom. The van der Waals surface area contributed by atoms with E-state index >= 15 is 0 Å². The maximum absolute atomic E-state index is 12.4. The Bertz CT molecular complexity index is 1290. The van der Waals surface area contributed by atoms with Gasteiger partial charge in [0.25, 0.3) is 5.91 Å². The molecule has 2 N–H and O–H groups in total. The highest BCUT2D eigenvalue weighted by molar-refractivity contribution is 7.98. The van der Waals surface area contributed by atoms with Gasteiger partial charge < -0.3 is 4.42 Å². The minimum Gasteiger partial charge on any atom is -0.421 e. The first-order chi connectivity index (χ1) is 17.0. The molecule has 0 fully saturated rings. The van der Waals surface area contributed by atoms with Crippen LogP contribution in [0.3, 0.4) is 0 Å². The van der Waals surface area contributed by atoms with Crippen molar-refractivity contribution in [3.8, 4) is 11.5 Å². The number of rotatable bonds is 8. The standard InChI is InChI=1S/C25H24N6O3S/c1-16-14-17(2)27-25(26-16)35-15-18-8-10-19(11-9-18)23(33)30-28-21(32)12-13-22-29-31-24(34-22)20-6-4-3-5-7-20/h3-11,14H,12-13,15H2,1-2H3,(H,28,32)(H,30,33). The number of amides is 2. The number of hydrazine groups is 1. The number of nitrogens with one attached hydrogen (secondary N) is 2. The number of aromatic nitrogens is 4. The molecule has 0 atom stereocenters. The predicted molar refractivity (Wildman–Crippen MR) is 131 cm³/mol. The highest BCUT2D eigenvalue weighted by atomic mass is 32.2. The molecule has 35 heavy (non-hydrogen) atoms. The number of hydrogen-bond acceptors (Lipinski definition) is 8. The van der Waals surface area contributed by atoms with Gasteiger partial charge in [0, 0.05) is 41.1 Å². The van der Waals surface area contributed by atoms with Gasteiger partial charge in [-0.05, 0) is 49.7 Å². The minimum absolute atomic E-state index is 0.0906. The van der Waals surface area contributed by atoms with Gasteiger partial charge in [0.1, 0.15) is 0 Å². The molecule has 2 aromatic heterocycles. The lowest BCUT2D eigenvalue weighted by atomic mass is 10.1. The van der Waals surface area contributed by atoms with E-state index in [1.165, 1.54) is 11.8 Å². The highest BCUT2D eigenvalue weighted by Gasteiger charge is 2.12. The Kier molecular flexibility index (Phi) is 7.84. The number of thioether (sulfide) groups is 1. The lowest BCUT2D eigenvalue weighted by molar-refractivity contribution is -0.121. The largest absolute Gasteiger partial charge is 0.421 e. The van der Waals surface area contributed by atoms with Gasteiger partial charge in [0.2, 0.25) is 17.7 Å². The van der Waals surface area contributed by atoms with Gasteiger partial charge in [-0.1, -0.05) is 42.1 Å². The molecule has 0 aliphatic rings. The summed E-state index contributed by atoms with van der Waals surface area (Å²) in [5, 5.41) is 8.69. The minimum atomic E-state index is -0.403. The van der Waals surface area contributed by atoms with Gasteiger partial charge in [0.15, 0.2) is 5.16 Å². The second-order valence-electron chi connectivity index (χ2n) is 7.79. The second kappa shape index (κ2) is 11.4. The fourth-order valence-corrected chi connectivity index (χ4v) is 4.10. The molecule has 0 saturated carbocycles. The number of nitrogens with zero attached hydrogens (tertiary/aromatic N) is 4. The maximum atomic E-state index is 12.4. The molecule has 178 valence electrons. The maximum Gasteiger partial charge on any atom is 0.269 e. The molecule has 2 heterocycles. The molecule has 0 aliphatic heterocycles. The first-order valence-electron chi connectivity index (χ1n) is 11.0. The van der Waals surface area contributed by atoms with E-state index in [1.807, 2.05) is 62.4 Å². The fraction of sp³-hybridized carbons (Fsp3) is 0.200. The Morgan fingerprint density at radius 2 is 1.63 bits per heavy atom. The molecule has 0 aliphatic carbocycles. The normalized spacial score (nSPS) is 10.7. The Labute approximate surface area is 206 Å². The molecule has 2 amide bonds. The Hall–Kier alpha value is -4.05. The summed E-state index contributed by atoms with van der Waals surface area (Å²) >= 11 is 1.54. The zero-order chi connectivity index (χ0) is 24.6. The van der Waals surface area contributed by atoms with Crippen LogP contribution >= 0.6 is 11.8 Å². The SMILES string of the molecule is Cc1cc(C)nc(SCc2ccc(C(=O)NNC(=O)CCc3nnc(-c4ccccc4)o3)cc2)n1. The summed E-state index contributed by atoms with van der Waals surface area (Å²) in [6, 6.07) is 18.5. The Morgan fingerprint density at radius 1 is 0.914 bits per heavy atom. The van der Waals surface area contributed by atoms with Crippen LogP contribution in [0.15, 0.2) is 70.2 Å². The molecule has 0 spiro atoms. The average Bonchev–Trinajstić information content (AvgIpc) is 3.34. The molecule has 10 heteroatoms. The van der Waals surface area contributed by atoms with Crippen molar-refractivity contribution in [1.29, 1.82) is 0 Å². The molecule has 0 bridgehead atoms. The van der Waals surface area contributed by atoms with Crippen molar-refractivity contribution in [3.63, 3.8) is 0 Å². The molecule has 9 nitrogen and oxygen atoms in total. The number of hydrogen-bond donors (Lipinski definition) is 2. The van der Waals surface area contributed by atoms with Gasteiger partial charge >= 0.3 is 0 Å². The second-order valence-corrected chi connectivity index (χ2v) is 8.73. The third-order valence-electron chi connectivity index (χ3n) is 4.91. The van der Waals surface area contributed by atoms with E-state index in [4.69, 9.17) is 4.42 Å². The summed E-state index contributed by atoms with van der Waals surface area (Å²) in [4.78, 5) is 33.3.